The van der Waals surface area contributed by atoms with Crippen molar-refractivity contribution in [2.45, 2.75) is 29.8 Å². The third-order valence-corrected chi connectivity index (χ3v) is 4.95. The van der Waals surface area contributed by atoms with Gasteiger partial charge in [0.1, 0.15) is 18.6 Å². The van der Waals surface area contributed by atoms with Gasteiger partial charge in [-0.1, -0.05) is 0 Å². The van der Waals surface area contributed by atoms with Crippen LogP contribution in [0.5, 0.6) is 0 Å². The number of carbonyl (C=O) groups excluding carboxylic acids is 3. The highest BCUT2D eigenvalue weighted by atomic mass is 32.2. The summed E-state index contributed by atoms with van der Waals surface area (Å²) in [5, 5.41) is 22.1. The number of rotatable bonds is 12. The van der Waals surface area contributed by atoms with Crippen LogP contribution in [-0.4, -0.2) is 64.3 Å². The normalized spacial score (nSPS) is 12.4. The van der Waals surface area contributed by atoms with Crippen molar-refractivity contribution in [1.82, 2.24) is 10.6 Å². The Morgan fingerprint density at radius 3 is 2.33 bits per heavy atom. The lowest BCUT2D eigenvalue weighted by Gasteiger charge is -2.18. The summed E-state index contributed by atoms with van der Waals surface area (Å²) in [6, 6.07) is 1.99. The first kappa shape index (κ1) is 24.7. The second kappa shape index (κ2) is 11.6. The van der Waals surface area contributed by atoms with Crippen LogP contribution in [0.3, 0.4) is 0 Å². The summed E-state index contributed by atoms with van der Waals surface area (Å²) in [5.74, 6) is -4.56. The molecule has 0 saturated carbocycles. The molecule has 164 valence electrons. The fourth-order valence-corrected chi connectivity index (χ4v) is 3.12. The van der Waals surface area contributed by atoms with Gasteiger partial charge in [0.15, 0.2) is 0 Å². The number of anilines is 1. The maximum atomic E-state index is 12.3. The number of benzene rings is 1. The molecule has 3 amide bonds. The van der Waals surface area contributed by atoms with Crippen molar-refractivity contribution in [3.05, 3.63) is 23.8 Å². The number of amides is 3. The topological polar surface area (TPSA) is 228 Å². The Morgan fingerprint density at radius 1 is 1.13 bits per heavy atom. The summed E-state index contributed by atoms with van der Waals surface area (Å²) in [6.45, 7) is -0.644. The second-order valence-corrected chi connectivity index (χ2v) is 7.20. The molecule has 0 heterocycles. The standard InChI is InChI=1S/C17H23N5O7S/c18-9(17(28)29)2-4-13(23)22-11(16(27)21-6-14(24)25)7-30-12-3-1-8(15(20)26)5-10(12)19/h1,3,5,9,11H,2,4,6-7,18-19H2,(H2,20,26)(H,21,27)(H,22,23)(H,24,25)(H,28,29). The van der Waals surface area contributed by atoms with E-state index < -0.39 is 48.3 Å². The van der Waals surface area contributed by atoms with Gasteiger partial charge in [-0.05, 0) is 24.6 Å². The first-order chi connectivity index (χ1) is 14.0. The second-order valence-electron chi connectivity index (χ2n) is 6.14. The minimum atomic E-state index is -1.26. The summed E-state index contributed by atoms with van der Waals surface area (Å²) in [4.78, 5) is 57.4. The van der Waals surface area contributed by atoms with Gasteiger partial charge in [-0.15, -0.1) is 11.8 Å². The Bertz CT molecular complexity index is 833. The Hall–Kier alpha value is -3.32. The zero-order valence-electron chi connectivity index (χ0n) is 15.8. The van der Waals surface area contributed by atoms with Gasteiger partial charge in [-0.25, -0.2) is 0 Å². The largest absolute Gasteiger partial charge is 0.480 e. The first-order valence-electron chi connectivity index (χ1n) is 8.60. The Balaban J connectivity index is 2.81. The third kappa shape index (κ3) is 8.36. The van der Waals surface area contributed by atoms with Gasteiger partial charge >= 0.3 is 11.9 Å². The molecule has 0 radical (unpaired) electrons. The summed E-state index contributed by atoms with van der Waals surface area (Å²) >= 11 is 1.09. The number of carboxylic acids is 2. The fourth-order valence-electron chi connectivity index (χ4n) is 2.15. The Kier molecular flexibility index (Phi) is 9.58. The molecule has 0 fully saturated rings. The quantitative estimate of drug-likeness (QED) is 0.144. The van der Waals surface area contributed by atoms with Crippen LogP contribution in [0.1, 0.15) is 23.2 Å². The van der Waals surface area contributed by atoms with Crippen molar-refractivity contribution < 1.29 is 34.2 Å². The van der Waals surface area contributed by atoms with E-state index in [2.05, 4.69) is 10.6 Å². The molecule has 13 heteroatoms. The van der Waals surface area contributed by atoms with Crippen LogP contribution < -0.4 is 27.8 Å². The predicted octanol–water partition coefficient (Wildman–Crippen LogP) is -1.66. The van der Waals surface area contributed by atoms with Crippen molar-refractivity contribution in [2.24, 2.45) is 11.5 Å². The molecule has 10 N–H and O–H groups in total. The van der Waals surface area contributed by atoms with E-state index in [1.54, 1.807) is 0 Å². The number of primary amides is 1. The predicted molar refractivity (Wildman–Crippen MR) is 108 cm³/mol. The Morgan fingerprint density at radius 2 is 1.80 bits per heavy atom. The van der Waals surface area contributed by atoms with Gasteiger partial charge in [0.05, 0.1) is 0 Å². The van der Waals surface area contributed by atoms with Crippen LogP contribution in [0.25, 0.3) is 0 Å². The molecule has 0 bridgehead atoms. The zero-order valence-corrected chi connectivity index (χ0v) is 16.6. The fraction of sp³-hybridized carbons (Fsp3) is 0.353. The van der Waals surface area contributed by atoms with Crippen LogP contribution in [0.2, 0.25) is 0 Å². The molecule has 0 aliphatic rings. The lowest BCUT2D eigenvalue weighted by atomic mass is 10.1. The molecule has 12 nitrogen and oxygen atoms in total. The van der Waals surface area contributed by atoms with Crippen LogP contribution in [-0.2, 0) is 19.2 Å². The molecule has 0 aromatic heterocycles. The van der Waals surface area contributed by atoms with E-state index in [1.807, 2.05) is 0 Å². The van der Waals surface area contributed by atoms with Crippen LogP contribution in [0.4, 0.5) is 5.69 Å². The number of hydrogen-bond acceptors (Lipinski definition) is 8. The van der Waals surface area contributed by atoms with Gasteiger partial charge < -0.3 is 38.0 Å². The average molecular weight is 441 g/mol. The number of aliphatic carboxylic acids is 2. The molecule has 0 spiro atoms. The van der Waals surface area contributed by atoms with E-state index in [9.17, 15) is 24.0 Å². The van der Waals surface area contributed by atoms with E-state index in [0.717, 1.165) is 11.8 Å². The maximum absolute atomic E-state index is 12.3. The molecule has 1 aromatic carbocycles. The number of carbonyl (C=O) groups is 5. The maximum Gasteiger partial charge on any atom is 0.322 e. The van der Waals surface area contributed by atoms with E-state index in [1.165, 1.54) is 18.2 Å². The molecule has 0 aliphatic heterocycles. The monoisotopic (exact) mass is 441 g/mol. The molecular formula is C17H23N5O7S. The lowest BCUT2D eigenvalue weighted by Crippen LogP contribution is -2.49. The average Bonchev–Trinajstić information content (AvgIpc) is 2.67. The lowest BCUT2D eigenvalue weighted by molar-refractivity contribution is -0.139. The van der Waals surface area contributed by atoms with E-state index in [0.29, 0.717) is 4.90 Å². The first-order valence-corrected chi connectivity index (χ1v) is 9.59. The SMILES string of the molecule is NC(=O)c1ccc(SCC(NC(=O)CCC(N)C(=O)O)C(=O)NCC(=O)O)c(N)c1. The van der Waals surface area contributed by atoms with Crippen LogP contribution in [0.15, 0.2) is 23.1 Å². The highest BCUT2D eigenvalue weighted by molar-refractivity contribution is 7.99. The van der Waals surface area contributed by atoms with Crippen molar-refractivity contribution in [3.63, 3.8) is 0 Å². The number of hydrogen-bond donors (Lipinski definition) is 7. The zero-order chi connectivity index (χ0) is 22.8. The molecule has 0 saturated heterocycles. The molecule has 2 unspecified atom stereocenters. The molecule has 2 atom stereocenters. The minimum absolute atomic E-state index is 0.0116. The van der Waals surface area contributed by atoms with Crippen molar-refractivity contribution >= 4 is 47.1 Å². The number of carboxylic acid groups (broad SMARTS) is 2. The highest BCUT2D eigenvalue weighted by Crippen LogP contribution is 2.26. The van der Waals surface area contributed by atoms with Gasteiger partial charge in [0.2, 0.25) is 17.7 Å². The molecule has 0 aliphatic carbocycles. The summed E-state index contributed by atoms with van der Waals surface area (Å²) < 4.78 is 0. The molecule has 30 heavy (non-hydrogen) atoms. The summed E-state index contributed by atoms with van der Waals surface area (Å²) in [7, 11) is 0. The number of nitrogens with two attached hydrogens (primary N) is 3. The third-order valence-electron chi connectivity index (χ3n) is 3.76. The van der Waals surface area contributed by atoms with Crippen LogP contribution in [0, 0.1) is 0 Å². The van der Waals surface area contributed by atoms with Gasteiger partial charge in [-0.2, -0.15) is 0 Å². The van der Waals surface area contributed by atoms with Crippen LogP contribution >= 0.6 is 11.8 Å². The minimum Gasteiger partial charge on any atom is -0.480 e. The number of nitrogens with one attached hydrogen (secondary N) is 2. The van der Waals surface area contributed by atoms with Crippen molar-refractivity contribution in [3.8, 4) is 0 Å². The van der Waals surface area contributed by atoms with Gasteiger partial charge in [0, 0.05) is 28.3 Å². The number of nitrogen functional groups attached to an aromatic ring is 1. The summed E-state index contributed by atoms with van der Waals surface area (Å²) in [6.07, 6.45) is -0.379. The van der Waals surface area contributed by atoms with E-state index in [-0.39, 0.29) is 29.8 Å². The van der Waals surface area contributed by atoms with Gasteiger partial charge in [-0.3, -0.25) is 24.0 Å². The van der Waals surface area contributed by atoms with Gasteiger partial charge in [0.25, 0.3) is 0 Å². The molecular weight excluding hydrogens is 418 g/mol. The molecule has 1 aromatic rings. The van der Waals surface area contributed by atoms with E-state index >= 15 is 0 Å². The molecule has 1 rings (SSSR count). The van der Waals surface area contributed by atoms with Crippen molar-refractivity contribution in [2.75, 3.05) is 18.0 Å². The van der Waals surface area contributed by atoms with Crippen molar-refractivity contribution in [1.29, 1.82) is 0 Å². The number of thioether (sulfide) groups is 1. The summed E-state index contributed by atoms with van der Waals surface area (Å²) in [5.41, 5.74) is 16.8. The Labute approximate surface area is 175 Å². The van der Waals surface area contributed by atoms with E-state index in [4.69, 9.17) is 27.4 Å². The highest BCUT2D eigenvalue weighted by Gasteiger charge is 2.23. The smallest absolute Gasteiger partial charge is 0.322 e.